The number of carbonyl (C=O) groups excluding carboxylic acids is 1. The van der Waals surface area contributed by atoms with Crippen molar-refractivity contribution in [2.75, 3.05) is 6.61 Å². The van der Waals surface area contributed by atoms with E-state index >= 15 is 0 Å². The van der Waals surface area contributed by atoms with E-state index in [4.69, 9.17) is 9.15 Å². The summed E-state index contributed by atoms with van der Waals surface area (Å²) < 4.78 is 11.2. The summed E-state index contributed by atoms with van der Waals surface area (Å²) in [4.78, 5) is 17.6. The van der Waals surface area contributed by atoms with Gasteiger partial charge in [0.25, 0.3) is 0 Å². The van der Waals surface area contributed by atoms with Crippen LogP contribution in [0.15, 0.2) is 96.1 Å². The van der Waals surface area contributed by atoms with Gasteiger partial charge in [-0.15, -0.1) is 0 Å². The number of rotatable bonds is 6. The zero-order valence-corrected chi connectivity index (χ0v) is 16.2. The van der Waals surface area contributed by atoms with Crippen molar-refractivity contribution < 1.29 is 13.9 Å². The summed E-state index contributed by atoms with van der Waals surface area (Å²) in [5, 5.41) is 0. The van der Waals surface area contributed by atoms with Crippen LogP contribution in [-0.4, -0.2) is 17.4 Å². The maximum Gasteiger partial charge on any atom is 0.195 e. The van der Waals surface area contributed by atoms with Crippen molar-refractivity contribution in [3.05, 3.63) is 119 Å². The molecule has 5 rings (SSSR count). The largest absolute Gasteiger partial charge is 0.493 e. The Morgan fingerprint density at radius 3 is 2.53 bits per heavy atom. The molecule has 0 amide bonds. The van der Waals surface area contributed by atoms with Gasteiger partial charge in [-0.25, -0.2) is 0 Å². The van der Waals surface area contributed by atoms with Crippen molar-refractivity contribution in [2.24, 2.45) is 0 Å². The molecule has 2 heterocycles. The third-order valence-electron chi connectivity index (χ3n) is 5.24. The molecule has 4 nitrogen and oxygen atoms in total. The zero-order chi connectivity index (χ0) is 20.3. The molecule has 0 atom stereocenters. The molecule has 30 heavy (non-hydrogen) atoms. The zero-order valence-electron chi connectivity index (χ0n) is 16.2. The Bertz CT molecular complexity index is 1210. The van der Waals surface area contributed by atoms with Gasteiger partial charge in [-0.3, -0.25) is 9.78 Å². The lowest BCUT2D eigenvalue weighted by Crippen LogP contribution is -2.03. The molecule has 0 radical (unpaired) electrons. The van der Waals surface area contributed by atoms with Crippen LogP contribution in [0.1, 0.15) is 32.6 Å². The van der Waals surface area contributed by atoms with Crippen LogP contribution in [0, 0.1) is 0 Å². The minimum absolute atomic E-state index is 0.0253. The molecule has 1 aliphatic rings. The molecule has 0 aliphatic heterocycles. The number of ketones is 1. The second kappa shape index (κ2) is 7.84. The van der Waals surface area contributed by atoms with Gasteiger partial charge in [-0.1, -0.05) is 36.4 Å². The molecule has 0 N–H and O–H groups in total. The first-order valence-electron chi connectivity index (χ1n) is 9.84. The third kappa shape index (κ3) is 3.33. The van der Waals surface area contributed by atoms with Crippen LogP contribution < -0.4 is 4.74 Å². The van der Waals surface area contributed by atoms with Gasteiger partial charge in [0.2, 0.25) is 0 Å². The second-order valence-electron chi connectivity index (χ2n) is 7.12. The number of aromatic nitrogens is 1. The van der Waals surface area contributed by atoms with Gasteiger partial charge in [0, 0.05) is 46.7 Å². The van der Waals surface area contributed by atoms with Crippen molar-refractivity contribution in [2.45, 2.75) is 6.42 Å². The predicted octanol–water partition coefficient (Wildman–Crippen LogP) is 5.45. The van der Waals surface area contributed by atoms with Crippen molar-refractivity contribution in [3.63, 3.8) is 0 Å². The van der Waals surface area contributed by atoms with Gasteiger partial charge in [-0.05, 0) is 41.5 Å². The highest BCUT2D eigenvalue weighted by Gasteiger charge is 2.32. The number of fused-ring (bicyclic) bond motifs is 1. The average Bonchev–Trinajstić information content (AvgIpc) is 3.42. The van der Waals surface area contributed by atoms with Gasteiger partial charge in [0.05, 0.1) is 19.1 Å². The Kier molecular flexibility index (Phi) is 4.74. The van der Waals surface area contributed by atoms with E-state index in [1.54, 1.807) is 24.9 Å². The Labute approximate surface area is 174 Å². The summed E-state index contributed by atoms with van der Waals surface area (Å²) in [6, 6.07) is 21.5. The minimum Gasteiger partial charge on any atom is -0.493 e. The number of hydrogen-bond donors (Lipinski definition) is 0. The molecule has 0 bridgehead atoms. The molecule has 4 heteroatoms. The fraction of sp³-hybridized carbons (Fsp3) is 0.0769. The number of ether oxygens (including phenoxy) is 1. The Morgan fingerprint density at radius 2 is 1.77 bits per heavy atom. The molecule has 0 saturated heterocycles. The Hall–Kier alpha value is -3.92. The number of hydrogen-bond acceptors (Lipinski definition) is 4. The number of benzene rings is 2. The normalized spacial score (nSPS) is 12.9. The monoisotopic (exact) mass is 393 g/mol. The van der Waals surface area contributed by atoms with Crippen molar-refractivity contribution in [3.8, 4) is 5.75 Å². The fourth-order valence-electron chi connectivity index (χ4n) is 3.83. The second-order valence-corrected chi connectivity index (χ2v) is 7.12. The molecule has 0 spiro atoms. The van der Waals surface area contributed by atoms with Gasteiger partial charge in [0.15, 0.2) is 5.78 Å². The molecule has 0 saturated carbocycles. The maximum absolute atomic E-state index is 13.4. The van der Waals surface area contributed by atoms with E-state index in [2.05, 4.69) is 17.1 Å². The lowest BCUT2D eigenvalue weighted by molar-refractivity contribution is 0.105. The van der Waals surface area contributed by atoms with E-state index in [1.165, 1.54) is 5.56 Å². The van der Waals surface area contributed by atoms with Gasteiger partial charge >= 0.3 is 0 Å². The fourth-order valence-corrected chi connectivity index (χ4v) is 3.83. The average molecular weight is 393 g/mol. The summed E-state index contributed by atoms with van der Waals surface area (Å²) in [5.41, 5.74) is 5.92. The quantitative estimate of drug-likeness (QED) is 0.437. The predicted molar refractivity (Wildman–Crippen MR) is 115 cm³/mol. The lowest BCUT2D eigenvalue weighted by Gasteiger charge is -2.09. The van der Waals surface area contributed by atoms with Crippen LogP contribution in [0.2, 0.25) is 0 Å². The van der Waals surface area contributed by atoms with E-state index < -0.39 is 0 Å². The highest BCUT2D eigenvalue weighted by atomic mass is 16.5. The highest BCUT2D eigenvalue weighted by molar-refractivity contribution is 6.41. The molecular formula is C26H19NO3. The van der Waals surface area contributed by atoms with Gasteiger partial charge in [-0.2, -0.15) is 0 Å². The van der Waals surface area contributed by atoms with Crippen molar-refractivity contribution in [1.82, 2.24) is 4.98 Å². The summed E-state index contributed by atoms with van der Waals surface area (Å²) >= 11 is 0. The number of furan rings is 1. The highest BCUT2D eigenvalue weighted by Crippen LogP contribution is 2.43. The SMILES string of the molecule is O=C1C(c2cccnc2)=C(c2ccoc2)c2ccc(OCCc3ccccc3)cc21. The van der Waals surface area contributed by atoms with E-state index in [1.807, 2.05) is 54.6 Å². The van der Waals surface area contributed by atoms with E-state index in [-0.39, 0.29) is 5.78 Å². The first kappa shape index (κ1) is 18.1. The molecule has 0 unspecified atom stereocenters. The minimum atomic E-state index is -0.0253. The first-order valence-corrected chi connectivity index (χ1v) is 9.84. The summed E-state index contributed by atoms with van der Waals surface area (Å²) in [6.07, 6.45) is 7.51. The summed E-state index contributed by atoms with van der Waals surface area (Å²) in [5.74, 6) is 0.666. The topological polar surface area (TPSA) is 52.3 Å². The van der Waals surface area contributed by atoms with Gasteiger partial charge < -0.3 is 9.15 Å². The van der Waals surface area contributed by atoms with Crippen LogP contribution in [-0.2, 0) is 6.42 Å². The molecule has 0 fully saturated rings. The number of nitrogens with zero attached hydrogens (tertiary/aromatic N) is 1. The van der Waals surface area contributed by atoms with Crippen LogP contribution in [0.25, 0.3) is 11.1 Å². The number of allylic oxidation sites excluding steroid dienone is 1. The summed E-state index contributed by atoms with van der Waals surface area (Å²) in [7, 11) is 0. The van der Waals surface area contributed by atoms with Gasteiger partial charge in [0.1, 0.15) is 5.75 Å². The van der Waals surface area contributed by atoms with Crippen molar-refractivity contribution in [1.29, 1.82) is 0 Å². The van der Waals surface area contributed by atoms with Crippen molar-refractivity contribution >= 4 is 16.9 Å². The Morgan fingerprint density at radius 1 is 0.867 bits per heavy atom. The molecule has 2 aromatic carbocycles. The molecule has 146 valence electrons. The first-order chi connectivity index (χ1) is 14.8. The molecule has 1 aliphatic carbocycles. The molecule has 2 aromatic heterocycles. The third-order valence-corrected chi connectivity index (χ3v) is 5.24. The van der Waals surface area contributed by atoms with Crippen LogP contribution in [0.5, 0.6) is 5.75 Å². The van der Waals surface area contributed by atoms with Crippen LogP contribution in [0.4, 0.5) is 0 Å². The standard InChI is InChI=1S/C26H19NO3/c28-26-23-15-21(30-14-10-18-5-2-1-3-6-18)8-9-22(23)24(20-11-13-29-17-20)25(26)19-7-4-12-27-16-19/h1-9,11-13,15-17H,10,14H2. The molecule has 4 aromatic rings. The van der Waals surface area contributed by atoms with E-state index in [9.17, 15) is 4.79 Å². The van der Waals surface area contributed by atoms with E-state index in [0.717, 1.165) is 28.7 Å². The summed E-state index contributed by atoms with van der Waals surface area (Å²) in [6.45, 7) is 0.550. The smallest absolute Gasteiger partial charge is 0.195 e. The van der Waals surface area contributed by atoms with Crippen LogP contribution in [0.3, 0.4) is 0 Å². The number of Topliss-reactive ketones (excluding diaryl/α,β-unsaturated/α-hetero) is 1. The lowest BCUT2D eigenvalue weighted by atomic mass is 9.97. The number of pyridine rings is 1. The molecular weight excluding hydrogens is 374 g/mol. The maximum atomic E-state index is 13.4. The van der Waals surface area contributed by atoms with E-state index in [0.29, 0.717) is 23.5 Å². The Balaban J connectivity index is 1.46. The van der Waals surface area contributed by atoms with Crippen LogP contribution >= 0.6 is 0 Å². The number of carbonyl (C=O) groups is 1.